The normalized spacial score (nSPS) is 11.7. The molecule has 0 spiro atoms. The van der Waals surface area contributed by atoms with Crippen LogP contribution in [0.25, 0.3) is 0 Å². The van der Waals surface area contributed by atoms with Gasteiger partial charge in [-0.3, -0.25) is 9.59 Å². The fourth-order valence-corrected chi connectivity index (χ4v) is 1.57. The molecular weight excluding hydrogens is 244 g/mol. The molecule has 1 amide bonds. The molecule has 19 heavy (non-hydrogen) atoms. The van der Waals surface area contributed by atoms with E-state index < -0.39 is 5.56 Å². The van der Waals surface area contributed by atoms with Gasteiger partial charge in [-0.2, -0.15) is 10.4 Å². The molecule has 1 N–H and O–H groups in total. The fourth-order valence-electron chi connectivity index (χ4n) is 1.57. The third kappa shape index (κ3) is 3.41. The average molecular weight is 262 g/mol. The Kier molecular flexibility index (Phi) is 4.81. The molecule has 6 nitrogen and oxygen atoms in total. The zero-order chi connectivity index (χ0) is 14.6. The van der Waals surface area contributed by atoms with Gasteiger partial charge in [-0.1, -0.05) is 6.92 Å². The maximum atomic E-state index is 12.0. The lowest BCUT2D eigenvalue weighted by Gasteiger charge is -2.12. The van der Waals surface area contributed by atoms with Crippen molar-refractivity contribution >= 4 is 5.91 Å². The SMILES string of the molecule is CCC(C)NC(=O)Cn1nc(C)c(C)c(C#N)c1=O. The van der Waals surface area contributed by atoms with Crippen LogP contribution in [-0.2, 0) is 11.3 Å². The maximum Gasteiger partial charge on any atom is 0.285 e. The van der Waals surface area contributed by atoms with E-state index in [0.717, 1.165) is 11.1 Å². The average Bonchev–Trinajstić information content (AvgIpc) is 2.36. The summed E-state index contributed by atoms with van der Waals surface area (Å²) in [6, 6.07) is 1.91. The second-order valence-electron chi connectivity index (χ2n) is 4.54. The molecule has 0 aliphatic heterocycles. The van der Waals surface area contributed by atoms with Gasteiger partial charge in [0.2, 0.25) is 5.91 Å². The summed E-state index contributed by atoms with van der Waals surface area (Å²) < 4.78 is 1.04. The van der Waals surface area contributed by atoms with Gasteiger partial charge in [-0.05, 0) is 32.8 Å². The number of nitrogens with zero attached hydrogens (tertiary/aromatic N) is 3. The van der Waals surface area contributed by atoms with Crippen LogP contribution >= 0.6 is 0 Å². The lowest BCUT2D eigenvalue weighted by molar-refractivity contribution is -0.122. The summed E-state index contributed by atoms with van der Waals surface area (Å²) in [4.78, 5) is 23.7. The van der Waals surface area contributed by atoms with Crippen LogP contribution in [0, 0.1) is 25.2 Å². The van der Waals surface area contributed by atoms with E-state index in [2.05, 4.69) is 10.4 Å². The van der Waals surface area contributed by atoms with Gasteiger partial charge in [-0.15, -0.1) is 0 Å². The number of amides is 1. The van der Waals surface area contributed by atoms with Gasteiger partial charge in [0.05, 0.1) is 5.69 Å². The highest BCUT2D eigenvalue weighted by Gasteiger charge is 2.14. The number of carbonyl (C=O) groups excluding carboxylic acids is 1. The van der Waals surface area contributed by atoms with Gasteiger partial charge in [0.15, 0.2) is 0 Å². The Bertz CT molecular complexity index is 584. The molecule has 0 aliphatic carbocycles. The Morgan fingerprint density at radius 1 is 1.53 bits per heavy atom. The number of rotatable bonds is 4. The highest BCUT2D eigenvalue weighted by Crippen LogP contribution is 2.04. The molecule has 1 atom stereocenters. The molecule has 1 aromatic rings. The van der Waals surface area contributed by atoms with E-state index in [9.17, 15) is 9.59 Å². The highest BCUT2D eigenvalue weighted by atomic mass is 16.2. The summed E-state index contributed by atoms with van der Waals surface area (Å²) in [5, 5.41) is 15.8. The molecule has 1 unspecified atom stereocenters. The van der Waals surface area contributed by atoms with Crippen molar-refractivity contribution in [3.63, 3.8) is 0 Å². The number of nitriles is 1. The standard InChI is InChI=1S/C13H18N4O2/c1-5-8(2)15-12(18)7-17-13(19)11(6-14)9(3)10(4)16-17/h8H,5,7H2,1-4H3,(H,15,18). The van der Waals surface area contributed by atoms with Crippen LogP contribution in [0.15, 0.2) is 4.79 Å². The number of aromatic nitrogens is 2. The van der Waals surface area contributed by atoms with E-state index in [-0.39, 0.29) is 24.1 Å². The Morgan fingerprint density at radius 2 is 2.16 bits per heavy atom. The second-order valence-corrected chi connectivity index (χ2v) is 4.54. The predicted molar refractivity (Wildman–Crippen MR) is 70.6 cm³/mol. The largest absolute Gasteiger partial charge is 0.352 e. The molecule has 0 saturated carbocycles. The molecule has 0 bridgehead atoms. The van der Waals surface area contributed by atoms with Crippen LogP contribution in [0.2, 0.25) is 0 Å². The second kappa shape index (κ2) is 6.14. The van der Waals surface area contributed by atoms with Crippen molar-refractivity contribution in [1.29, 1.82) is 5.26 Å². The molecule has 0 aromatic carbocycles. The minimum absolute atomic E-state index is 0.0452. The van der Waals surface area contributed by atoms with Gasteiger partial charge in [-0.25, -0.2) is 4.68 Å². The van der Waals surface area contributed by atoms with Gasteiger partial charge in [0.25, 0.3) is 5.56 Å². The summed E-state index contributed by atoms with van der Waals surface area (Å²) in [7, 11) is 0. The third-order valence-electron chi connectivity index (χ3n) is 3.06. The van der Waals surface area contributed by atoms with Crippen molar-refractivity contribution < 1.29 is 4.79 Å². The number of carbonyl (C=O) groups is 1. The van der Waals surface area contributed by atoms with Gasteiger partial charge in [0, 0.05) is 6.04 Å². The minimum Gasteiger partial charge on any atom is -0.352 e. The number of hydrogen-bond acceptors (Lipinski definition) is 4. The number of aryl methyl sites for hydroxylation is 1. The molecule has 1 heterocycles. The summed E-state index contributed by atoms with van der Waals surface area (Å²) in [6.45, 7) is 7.05. The van der Waals surface area contributed by atoms with E-state index >= 15 is 0 Å². The molecule has 0 radical (unpaired) electrons. The molecule has 1 rings (SSSR count). The van der Waals surface area contributed by atoms with Crippen molar-refractivity contribution in [1.82, 2.24) is 15.1 Å². The van der Waals surface area contributed by atoms with E-state index in [1.54, 1.807) is 13.8 Å². The molecule has 0 saturated heterocycles. The van der Waals surface area contributed by atoms with Gasteiger partial charge in [0.1, 0.15) is 18.2 Å². The third-order valence-corrected chi connectivity index (χ3v) is 3.06. The highest BCUT2D eigenvalue weighted by molar-refractivity contribution is 5.75. The number of hydrogen-bond donors (Lipinski definition) is 1. The van der Waals surface area contributed by atoms with Crippen molar-refractivity contribution in [3.8, 4) is 6.07 Å². The first kappa shape index (κ1) is 14.9. The zero-order valence-corrected chi connectivity index (χ0v) is 11.6. The van der Waals surface area contributed by atoms with E-state index in [1.807, 2.05) is 19.9 Å². The Labute approximate surface area is 112 Å². The first-order valence-corrected chi connectivity index (χ1v) is 6.18. The Hall–Kier alpha value is -2.16. The first-order chi connectivity index (χ1) is 8.90. The van der Waals surface area contributed by atoms with Crippen molar-refractivity contribution in [3.05, 3.63) is 27.2 Å². The maximum absolute atomic E-state index is 12.0. The van der Waals surface area contributed by atoms with E-state index in [0.29, 0.717) is 11.3 Å². The monoisotopic (exact) mass is 262 g/mol. The lowest BCUT2D eigenvalue weighted by Crippen LogP contribution is -2.39. The fraction of sp³-hybridized carbons (Fsp3) is 0.538. The first-order valence-electron chi connectivity index (χ1n) is 6.18. The van der Waals surface area contributed by atoms with Crippen molar-refractivity contribution in [2.75, 3.05) is 0 Å². The van der Waals surface area contributed by atoms with Gasteiger partial charge >= 0.3 is 0 Å². The topological polar surface area (TPSA) is 87.8 Å². The van der Waals surface area contributed by atoms with Crippen LogP contribution in [0.1, 0.15) is 37.1 Å². The van der Waals surface area contributed by atoms with Crippen LogP contribution in [-0.4, -0.2) is 21.7 Å². The molecule has 1 aromatic heterocycles. The molecule has 102 valence electrons. The zero-order valence-electron chi connectivity index (χ0n) is 11.6. The van der Waals surface area contributed by atoms with Crippen LogP contribution < -0.4 is 10.9 Å². The lowest BCUT2D eigenvalue weighted by atomic mass is 10.1. The smallest absolute Gasteiger partial charge is 0.285 e. The Balaban J connectivity index is 3.04. The van der Waals surface area contributed by atoms with Crippen molar-refractivity contribution in [2.45, 2.75) is 46.7 Å². The Morgan fingerprint density at radius 3 is 2.68 bits per heavy atom. The van der Waals surface area contributed by atoms with Crippen LogP contribution in [0.3, 0.4) is 0 Å². The predicted octanol–water partition coefficient (Wildman–Crippen LogP) is 0.647. The summed E-state index contributed by atoms with van der Waals surface area (Å²) >= 11 is 0. The molecular formula is C13H18N4O2. The van der Waals surface area contributed by atoms with Gasteiger partial charge < -0.3 is 5.32 Å². The van der Waals surface area contributed by atoms with E-state index in [1.165, 1.54) is 0 Å². The number of nitrogens with one attached hydrogen (secondary N) is 1. The molecule has 0 fully saturated rings. The minimum atomic E-state index is -0.523. The summed E-state index contributed by atoms with van der Waals surface area (Å²) in [6.07, 6.45) is 0.810. The molecule has 0 aliphatic rings. The van der Waals surface area contributed by atoms with Crippen LogP contribution in [0.5, 0.6) is 0 Å². The van der Waals surface area contributed by atoms with E-state index in [4.69, 9.17) is 5.26 Å². The summed E-state index contributed by atoms with van der Waals surface area (Å²) in [5.74, 6) is -0.281. The van der Waals surface area contributed by atoms with Crippen molar-refractivity contribution in [2.24, 2.45) is 0 Å². The molecule has 6 heteroatoms. The summed E-state index contributed by atoms with van der Waals surface area (Å²) in [5.41, 5.74) is 0.660. The quantitative estimate of drug-likeness (QED) is 0.862. The van der Waals surface area contributed by atoms with Crippen LogP contribution in [0.4, 0.5) is 0 Å².